The van der Waals surface area contributed by atoms with Crippen LogP contribution >= 0.6 is 22.7 Å². The van der Waals surface area contributed by atoms with Gasteiger partial charge in [-0.15, -0.1) is 22.7 Å². The summed E-state index contributed by atoms with van der Waals surface area (Å²) in [4.78, 5) is 4.48. The zero-order valence-corrected chi connectivity index (χ0v) is 14.8. The van der Waals surface area contributed by atoms with Crippen molar-refractivity contribution in [3.05, 3.63) is 41.3 Å². The van der Waals surface area contributed by atoms with Gasteiger partial charge in [-0.3, -0.25) is 0 Å². The maximum Gasteiger partial charge on any atom is 0.103 e. The molecule has 0 amide bonds. The van der Waals surface area contributed by atoms with Gasteiger partial charge in [0.2, 0.25) is 0 Å². The van der Waals surface area contributed by atoms with Gasteiger partial charge in [0.25, 0.3) is 0 Å². The highest BCUT2D eigenvalue weighted by molar-refractivity contribution is 7.19. The van der Waals surface area contributed by atoms with Crippen LogP contribution in [0.3, 0.4) is 0 Å². The molecular weight excluding hydrogens is 322 g/mol. The Labute approximate surface area is 142 Å². The SMILES string of the molecule is CN(C)c1ccc(-c2cc3c(cc2C#N)c2ccsc2n3C)s1. The topological polar surface area (TPSA) is 32.0 Å². The summed E-state index contributed by atoms with van der Waals surface area (Å²) in [6, 6.07) is 12.9. The van der Waals surface area contributed by atoms with Crippen LogP contribution in [0.2, 0.25) is 0 Å². The van der Waals surface area contributed by atoms with E-state index in [0.717, 1.165) is 21.4 Å². The van der Waals surface area contributed by atoms with E-state index in [2.05, 4.69) is 52.2 Å². The zero-order chi connectivity index (χ0) is 16.1. The molecule has 114 valence electrons. The Morgan fingerprint density at radius 2 is 1.96 bits per heavy atom. The summed E-state index contributed by atoms with van der Waals surface area (Å²) in [7, 11) is 6.17. The van der Waals surface area contributed by atoms with Crippen LogP contribution in [0.1, 0.15) is 5.56 Å². The highest BCUT2D eigenvalue weighted by atomic mass is 32.1. The number of anilines is 1. The predicted octanol–water partition coefficient (Wildman–Crippen LogP) is 5.06. The molecule has 0 radical (unpaired) electrons. The average molecular weight is 337 g/mol. The summed E-state index contributed by atoms with van der Waals surface area (Å²) in [6.45, 7) is 0. The van der Waals surface area contributed by atoms with E-state index in [1.54, 1.807) is 22.7 Å². The molecule has 3 aromatic heterocycles. The normalized spacial score (nSPS) is 11.2. The van der Waals surface area contributed by atoms with Gasteiger partial charge in [-0.25, -0.2) is 0 Å². The second kappa shape index (κ2) is 5.12. The lowest BCUT2D eigenvalue weighted by molar-refractivity contribution is 1.02. The van der Waals surface area contributed by atoms with Crippen molar-refractivity contribution >= 4 is 48.8 Å². The number of fused-ring (bicyclic) bond motifs is 3. The number of benzene rings is 1. The Kier molecular flexibility index (Phi) is 3.19. The highest BCUT2D eigenvalue weighted by Gasteiger charge is 2.15. The van der Waals surface area contributed by atoms with Crippen molar-refractivity contribution < 1.29 is 0 Å². The molecule has 4 rings (SSSR count). The van der Waals surface area contributed by atoms with Crippen LogP contribution in [0, 0.1) is 11.3 Å². The van der Waals surface area contributed by atoms with E-state index in [1.807, 2.05) is 20.2 Å². The minimum atomic E-state index is 0.739. The van der Waals surface area contributed by atoms with Crippen LogP contribution in [0.15, 0.2) is 35.7 Å². The Balaban J connectivity index is 2.02. The zero-order valence-electron chi connectivity index (χ0n) is 13.1. The molecule has 0 saturated carbocycles. The van der Waals surface area contributed by atoms with E-state index in [0.29, 0.717) is 0 Å². The van der Waals surface area contributed by atoms with Crippen molar-refractivity contribution in [2.45, 2.75) is 0 Å². The highest BCUT2D eigenvalue weighted by Crippen LogP contribution is 2.39. The molecule has 0 spiro atoms. The molecule has 4 aromatic rings. The lowest BCUT2D eigenvalue weighted by Crippen LogP contribution is -2.05. The molecule has 0 bridgehead atoms. The summed E-state index contributed by atoms with van der Waals surface area (Å²) in [5.41, 5.74) is 2.94. The minimum Gasteiger partial charge on any atom is -0.370 e. The first-order chi connectivity index (χ1) is 11.1. The number of nitrogens with zero attached hydrogens (tertiary/aromatic N) is 3. The molecule has 0 aliphatic heterocycles. The third-order valence-corrected chi connectivity index (χ3v) is 6.43. The molecule has 0 atom stereocenters. The summed E-state index contributed by atoms with van der Waals surface area (Å²) in [6.07, 6.45) is 0. The second-order valence-electron chi connectivity index (χ2n) is 5.76. The van der Waals surface area contributed by atoms with Crippen LogP contribution < -0.4 is 4.90 Å². The van der Waals surface area contributed by atoms with Crippen LogP contribution in [0.5, 0.6) is 0 Å². The molecule has 0 fully saturated rings. The van der Waals surface area contributed by atoms with Gasteiger partial charge < -0.3 is 9.47 Å². The molecule has 5 heteroatoms. The molecule has 3 nitrogen and oxygen atoms in total. The van der Waals surface area contributed by atoms with E-state index in [1.165, 1.54) is 20.7 Å². The molecule has 0 saturated heterocycles. The van der Waals surface area contributed by atoms with Gasteiger partial charge in [-0.1, -0.05) is 0 Å². The number of thiophene rings is 2. The monoisotopic (exact) mass is 337 g/mol. The maximum absolute atomic E-state index is 9.62. The molecule has 23 heavy (non-hydrogen) atoms. The first-order valence-corrected chi connectivity index (χ1v) is 8.97. The fourth-order valence-electron chi connectivity index (χ4n) is 2.97. The quantitative estimate of drug-likeness (QED) is 0.512. The van der Waals surface area contributed by atoms with Crippen LogP contribution in [-0.4, -0.2) is 18.7 Å². The smallest absolute Gasteiger partial charge is 0.103 e. The number of aromatic nitrogens is 1. The summed E-state index contributed by atoms with van der Waals surface area (Å²) in [5.74, 6) is 0. The summed E-state index contributed by atoms with van der Waals surface area (Å²) < 4.78 is 2.22. The number of aryl methyl sites for hydroxylation is 1. The van der Waals surface area contributed by atoms with Crippen molar-refractivity contribution in [2.75, 3.05) is 19.0 Å². The number of hydrogen-bond donors (Lipinski definition) is 0. The molecule has 0 unspecified atom stereocenters. The predicted molar refractivity (Wildman–Crippen MR) is 101 cm³/mol. The average Bonchev–Trinajstić information content (AvgIpc) is 3.25. The first kappa shape index (κ1) is 14.3. The fourth-order valence-corrected chi connectivity index (χ4v) is 4.82. The third-order valence-electron chi connectivity index (χ3n) is 4.16. The maximum atomic E-state index is 9.62. The van der Waals surface area contributed by atoms with Gasteiger partial charge in [0.05, 0.1) is 22.2 Å². The number of nitriles is 1. The van der Waals surface area contributed by atoms with Gasteiger partial charge in [0.15, 0.2) is 0 Å². The Morgan fingerprint density at radius 1 is 1.13 bits per heavy atom. The van der Waals surface area contributed by atoms with E-state index < -0.39 is 0 Å². The van der Waals surface area contributed by atoms with E-state index >= 15 is 0 Å². The number of rotatable bonds is 2. The van der Waals surface area contributed by atoms with Gasteiger partial charge in [-0.05, 0) is 35.7 Å². The fraction of sp³-hybridized carbons (Fsp3) is 0.167. The molecule has 3 heterocycles. The molecule has 0 aliphatic carbocycles. The molecule has 0 N–H and O–H groups in total. The molecule has 1 aromatic carbocycles. The van der Waals surface area contributed by atoms with E-state index in [-0.39, 0.29) is 0 Å². The lowest BCUT2D eigenvalue weighted by Gasteiger charge is -2.08. The standard InChI is InChI=1S/C18H15N3S2/c1-20(2)17-5-4-16(23-17)13-9-15-14(8-11(13)10-19)12-6-7-22-18(12)21(15)3/h4-9H,1-3H3. The largest absolute Gasteiger partial charge is 0.370 e. The second-order valence-corrected chi connectivity index (χ2v) is 7.71. The third kappa shape index (κ3) is 2.07. The summed E-state index contributed by atoms with van der Waals surface area (Å²) >= 11 is 3.45. The van der Waals surface area contributed by atoms with Crippen molar-refractivity contribution in [1.29, 1.82) is 5.26 Å². The van der Waals surface area contributed by atoms with Gasteiger partial charge >= 0.3 is 0 Å². The van der Waals surface area contributed by atoms with Crippen LogP contribution in [-0.2, 0) is 7.05 Å². The molecular formula is C18H15N3S2. The van der Waals surface area contributed by atoms with Crippen molar-refractivity contribution in [3.8, 4) is 16.5 Å². The van der Waals surface area contributed by atoms with Gasteiger partial charge in [-0.2, -0.15) is 5.26 Å². The van der Waals surface area contributed by atoms with Crippen LogP contribution in [0.25, 0.3) is 31.6 Å². The van der Waals surface area contributed by atoms with Crippen LogP contribution in [0.4, 0.5) is 5.00 Å². The molecule has 0 aliphatic rings. The Morgan fingerprint density at radius 3 is 2.65 bits per heavy atom. The van der Waals surface area contributed by atoms with Crippen molar-refractivity contribution in [1.82, 2.24) is 4.57 Å². The van der Waals surface area contributed by atoms with Crippen molar-refractivity contribution in [2.24, 2.45) is 7.05 Å². The van der Waals surface area contributed by atoms with E-state index in [4.69, 9.17) is 0 Å². The summed E-state index contributed by atoms with van der Waals surface area (Å²) in [5, 5.41) is 15.3. The van der Waals surface area contributed by atoms with Gasteiger partial charge in [0, 0.05) is 42.4 Å². The Bertz CT molecular complexity index is 1070. The minimum absolute atomic E-state index is 0.739. The first-order valence-electron chi connectivity index (χ1n) is 7.27. The Hall–Kier alpha value is -2.29. The van der Waals surface area contributed by atoms with E-state index in [9.17, 15) is 5.26 Å². The number of hydrogen-bond acceptors (Lipinski definition) is 4. The van der Waals surface area contributed by atoms with Gasteiger partial charge in [0.1, 0.15) is 4.83 Å². The van der Waals surface area contributed by atoms with Crippen molar-refractivity contribution in [3.63, 3.8) is 0 Å². The lowest BCUT2D eigenvalue weighted by atomic mass is 10.0.